The molecular weight excluding hydrogens is 587 g/mol. The van der Waals surface area contributed by atoms with Crippen molar-refractivity contribution in [1.82, 2.24) is 15.5 Å². The van der Waals surface area contributed by atoms with E-state index in [9.17, 15) is 45.1 Å². The van der Waals surface area contributed by atoms with E-state index in [-0.39, 0.29) is 23.3 Å². The molecule has 42 heavy (non-hydrogen) atoms. The van der Waals surface area contributed by atoms with Crippen molar-refractivity contribution in [1.29, 1.82) is 0 Å². The first kappa shape index (κ1) is 34.9. The predicted molar refractivity (Wildman–Crippen MR) is 146 cm³/mol. The minimum absolute atomic E-state index is 0.00122. The number of sulfone groups is 1. The predicted octanol–water partition coefficient (Wildman–Crippen LogP) is 2.76. The van der Waals surface area contributed by atoms with Gasteiger partial charge in [-0.1, -0.05) is 25.5 Å². The minimum atomic E-state index is -4.69. The molecule has 0 heterocycles. The van der Waals surface area contributed by atoms with E-state index in [0.29, 0.717) is 18.9 Å². The van der Waals surface area contributed by atoms with Crippen LogP contribution < -0.4 is 16.4 Å². The zero-order valence-electron chi connectivity index (χ0n) is 23.1. The maximum atomic E-state index is 13.7. The Morgan fingerprint density at radius 3 is 2.29 bits per heavy atom. The molecule has 0 spiro atoms. The van der Waals surface area contributed by atoms with Crippen LogP contribution in [0, 0.1) is 11.6 Å². The molecule has 0 unspecified atom stereocenters. The van der Waals surface area contributed by atoms with Gasteiger partial charge in [-0.2, -0.15) is 13.2 Å². The average molecular weight is 623 g/mol. The van der Waals surface area contributed by atoms with Crippen molar-refractivity contribution >= 4 is 21.8 Å². The lowest BCUT2D eigenvalue weighted by molar-refractivity contribution is -0.137. The van der Waals surface area contributed by atoms with Crippen LogP contribution in [0.5, 0.6) is 0 Å². The van der Waals surface area contributed by atoms with E-state index in [0.717, 1.165) is 35.2 Å². The molecule has 0 fully saturated rings. The van der Waals surface area contributed by atoms with Gasteiger partial charge in [0, 0.05) is 32.2 Å². The second-order valence-corrected chi connectivity index (χ2v) is 12.1. The third-order valence-corrected chi connectivity index (χ3v) is 8.05. The highest BCUT2D eigenvalue weighted by molar-refractivity contribution is 7.91. The Hall–Kier alpha value is -3.30. The fourth-order valence-corrected chi connectivity index (χ4v) is 5.75. The minimum Gasteiger partial charge on any atom is -0.390 e. The molecule has 15 heteroatoms. The van der Waals surface area contributed by atoms with Crippen LogP contribution in [-0.4, -0.2) is 73.6 Å². The lowest BCUT2D eigenvalue weighted by Gasteiger charge is -2.31. The maximum Gasteiger partial charge on any atom is 0.416 e. The fraction of sp³-hybridized carbons (Fsp3) is 0.481. The van der Waals surface area contributed by atoms with Gasteiger partial charge in [-0.05, 0) is 48.2 Å². The first-order valence-electron chi connectivity index (χ1n) is 13.1. The van der Waals surface area contributed by atoms with Crippen molar-refractivity contribution < 1.29 is 45.1 Å². The third kappa shape index (κ3) is 11.2. The van der Waals surface area contributed by atoms with E-state index < -0.39 is 82.2 Å². The number of aliphatic hydroxyl groups excluding tert-OH is 1. The second kappa shape index (κ2) is 15.3. The molecule has 0 aliphatic rings. The summed E-state index contributed by atoms with van der Waals surface area (Å²) in [6.07, 6.45) is -5.65. The van der Waals surface area contributed by atoms with Crippen molar-refractivity contribution in [3.63, 3.8) is 0 Å². The number of rotatable bonds is 14. The number of hydrogen-bond donors (Lipinski definition) is 4. The molecule has 0 aliphatic carbocycles. The summed E-state index contributed by atoms with van der Waals surface area (Å²) in [5.74, 6) is -3.82. The second-order valence-electron chi connectivity index (χ2n) is 9.87. The van der Waals surface area contributed by atoms with Crippen LogP contribution in [0.1, 0.15) is 36.5 Å². The van der Waals surface area contributed by atoms with E-state index in [4.69, 9.17) is 5.73 Å². The highest BCUT2D eigenvalue weighted by atomic mass is 32.2. The van der Waals surface area contributed by atoms with E-state index in [1.807, 2.05) is 0 Å². The Kier molecular flexibility index (Phi) is 12.7. The van der Waals surface area contributed by atoms with Crippen LogP contribution in [0.2, 0.25) is 0 Å². The zero-order chi connectivity index (χ0) is 31.7. The first-order chi connectivity index (χ1) is 19.5. The highest BCUT2D eigenvalue weighted by Crippen LogP contribution is 2.30. The number of hydrogen-bond acceptors (Lipinski definition) is 6. The van der Waals surface area contributed by atoms with Gasteiger partial charge in [-0.15, -0.1) is 0 Å². The molecule has 0 radical (unpaired) electrons. The third-order valence-electron chi connectivity index (χ3n) is 6.29. The van der Waals surface area contributed by atoms with Gasteiger partial charge in [-0.3, -0.25) is 4.79 Å². The zero-order valence-corrected chi connectivity index (χ0v) is 23.9. The molecule has 2 aromatic rings. The van der Waals surface area contributed by atoms with Gasteiger partial charge < -0.3 is 26.4 Å². The van der Waals surface area contributed by atoms with E-state index in [2.05, 4.69) is 10.6 Å². The van der Waals surface area contributed by atoms with E-state index >= 15 is 0 Å². The summed E-state index contributed by atoms with van der Waals surface area (Å²) < 4.78 is 92.6. The summed E-state index contributed by atoms with van der Waals surface area (Å²) in [6, 6.07) is 2.97. The number of carbonyl (C=O) groups excluding carboxylic acids is 2. The van der Waals surface area contributed by atoms with Crippen molar-refractivity contribution in [3.05, 3.63) is 70.8 Å². The van der Waals surface area contributed by atoms with Crippen LogP contribution in [0.15, 0.2) is 42.5 Å². The van der Waals surface area contributed by atoms with Crippen LogP contribution in [-0.2, 0) is 33.8 Å². The monoisotopic (exact) mass is 622 g/mol. The summed E-state index contributed by atoms with van der Waals surface area (Å²) in [5.41, 5.74) is 5.16. The maximum absolute atomic E-state index is 13.7. The molecule has 0 saturated carbocycles. The lowest BCUT2D eigenvalue weighted by Crippen LogP contribution is -2.56. The molecular formula is C27H35F5N4O5S. The summed E-state index contributed by atoms with van der Waals surface area (Å²) in [4.78, 5) is 26.7. The number of alkyl halides is 3. The van der Waals surface area contributed by atoms with Gasteiger partial charge in [0.2, 0.25) is 5.91 Å². The number of amides is 3. The Balaban J connectivity index is 2.42. The number of nitrogens with zero attached hydrogens (tertiary/aromatic N) is 1. The molecule has 0 aliphatic heterocycles. The smallest absolute Gasteiger partial charge is 0.390 e. The van der Waals surface area contributed by atoms with Gasteiger partial charge in [0.15, 0.2) is 9.84 Å². The molecule has 2 aromatic carbocycles. The van der Waals surface area contributed by atoms with Crippen LogP contribution in [0.25, 0.3) is 0 Å². The summed E-state index contributed by atoms with van der Waals surface area (Å²) >= 11 is 0. The average Bonchev–Trinajstić information content (AvgIpc) is 2.89. The summed E-state index contributed by atoms with van der Waals surface area (Å²) in [6.45, 7) is 0.650. The van der Waals surface area contributed by atoms with Gasteiger partial charge in [0.25, 0.3) is 0 Å². The number of aliphatic hydroxyl groups is 1. The van der Waals surface area contributed by atoms with Gasteiger partial charge in [0.05, 0.1) is 23.2 Å². The standard InChI is InChI=1S/C27H35F5N4O5S/c1-3-4-8-42(40,41)16-23(35-26(39)34-2)25(38)36(14-17-6-5-7-19(9-17)27(30,31)32)15-24(37)22(33)12-18-10-20(28)13-21(29)11-18/h5-7,9-11,13,22-24,37H,3-4,8,12,14-16,33H2,1-2H3,(H2,34,35,39)/t22-,23+,24+/m0/s1. The normalized spacial score (nSPS) is 14.1. The molecule has 234 valence electrons. The number of urea groups is 1. The summed E-state index contributed by atoms with van der Waals surface area (Å²) in [5, 5.41) is 15.3. The fourth-order valence-electron chi connectivity index (χ4n) is 4.12. The van der Waals surface area contributed by atoms with Gasteiger partial charge in [-0.25, -0.2) is 22.0 Å². The van der Waals surface area contributed by atoms with E-state index in [1.165, 1.54) is 13.1 Å². The molecule has 0 saturated heterocycles. The number of benzene rings is 2. The Morgan fingerprint density at radius 2 is 1.71 bits per heavy atom. The Bertz CT molecular complexity index is 1310. The Labute approximate surface area is 241 Å². The molecule has 0 bridgehead atoms. The van der Waals surface area contributed by atoms with Crippen molar-refractivity contribution in [3.8, 4) is 0 Å². The molecule has 3 amide bonds. The van der Waals surface area contributed by atoms with E-state index in [1.54, 1.807) is 6.92 Å². The van der Waals surface area contributed by atoms with Crippen molar-refractivity contribution in [2.45, 2.75) is 57.1 Å². The SMILES string of the molecule is CCCCS(=O)(=O)C[C@@H](NC(=O)NC)C(=O)N(Cc1cccc(C(F)(F)F)c1)C[C@@H](O)[C@@H](N)Cc1cc(F)cc(F)c1. The number of unbranched alkanes of at least 4 members (excludes halogenated alkanes) is 1. The number of halogens is 5. The Morgan fingerprint density at radius 1 is 1.07 bits per heavy atom. The van der Waals surface area contributed by atoms with Crippen LogP contribution >= 0.6 is 0 Å². The number of carbonyl (C=O) groups is 2. The highest BCUT2D eigenvalue weighted by Gasteiger charge is 2.34. The van der Waals surface area contributed by atoms with Crippen LogP contribution in [0.4, 0.5) is 26.7 Å². The lowest BCUT2D eigenvalue weighted by atomic mass is 10.0. The molecule has 9 nitrogen and oxygen atoms in total. The quantitative estimate of drug-likeness (QED) is 0.239. The topological polar surface area (TPSA) is 142 Å². The van der Waals surface area contributed by atoms with Crippen molar-refractivity contribution in [2.75, 3.05) is 25.1 Å². The first-order valence-corrected chi connectivity index (χ1v) is 14.9. The largest absolute Gasteiger partial charge is 0.416 e. The molecule has 2 rings (SSSR count). The summed E-state index contributed by atoms with van der Waals surface area (Å²) in [7, 11) is -2.63. The molecule has 5 N–H and O–H groups in total. The van der Waals surface area contributed by atoms with Gasteiger partial charge >= 0.3 is 12.2 Å². The van der Waals surface area contributed by atoms with Gasteiger partial charge in [0.1, 0.15) is 17.7 Å². The number of nitrogens with two attached hydrogens (primary N) is 1. The molecule has 3 atom stereocenters. The van der Waals surface area contributed by atoms with Crippen LogP contribution in [0.3, 0.4) is 0 Å². The number of nitrogens with one attached hydrogen (secondary N) is 2. The van der Waals surface area contributed by atoms with Crippen molar-refractivity contribution in [2.24, 2.45) is 5.73 Å². The molecule has 0 aromatic heterocycles.